The maximum Gasteiger partial charge on any atom is 0.203 e. The molecule has 72 valence electrons. The molecule has 0 aliphatic rings. The molecule has 1 unspecified atom stereocenters. The number of hydrogen-bond donors (Lipinski definition) is 1. The minimum atomic E-state index is 0.0608. The SMILES string of the molecule is C#CC(CC)NCc1ccc(C#N)o1. The molecular weight excluding hydrogens is 176 g/mol. The molecular formula is C11H12N2O. The Morgan fingerprint density at radius 3 is 2.93 bits per heavy atom. The Labute approximate surface area is 83.7 Å². The molecule has 0 saturated carbocycles. The van der Waals surface area contributed by atoms with Crippen LogP contribution in [0.4, 0.5) is 0 Å². The number of nitrogens with zero attached hydrogens (tertiary/aromatic N) is 1. The van der Waals surface area contributed by atoms with Gasteiger partial charge >= 0.3 is 0 Å². The van der Waals surface area contributed by atoms with Gasteiger partial charge in [-0.25, -0.2) is 0 Å². The smallest absolute Gasteiger partial charge is 0.203 e. The van der Waals surface area contributed by atoms with Crippen LogP contribution < -0.4 is 5.32 Å². The monoisotopic (exact) mass is 188 g/mol. The molecule has 1 N–H and O–H groups in total. The molecule has 0 aliphatic heterocycles. The Balaban J connectivity index is 2.46. The Morgan fingerprint density at radius 2 is 2.43 bits per heavy atom. The Bertz CT molecular complexity index is 367. The molecule has 1 rings (SSSR count). The van der Waals surface area contributed by atoms with Crippen LogP contribution in [0, 0.1) is 23.7 Å². The molecule has 0 radical (unpaired) electrons. The van der Waals surface area contributed by atoms with E-state index in [0.29, 0.717) is 12.3 Å². The molecule has 3 heteroatoms. The molecule has 0 aromatic carbocycles. The van der Waals surface area contributed by atoms with Crippen molar-refractivity contribution in [1.29, 1.82) is 5.26 Å². The van der Waals surface area contributed by atoms with Crippen LogP contribution >= 0.6 is 0 Å². The third kappa shape index (κ3) is 2.65. The fourth-order valence-electron chi connectivity index (χ4n) is 1.08. The maximum atomic E-state index is 8.52. The average molecular weight is 188 g/mol. The summed E-state index contributed by atoms with van der Waals surface area (Å²) >= 11 is 0. The summed E-state index contributed by atoms with van der Waals surface area (Å²) in [6.07, 6.45) is 6.16. The minimum Gasteiger partial charge on any atom is -0.449 e. The highest BCUT2D eigenvalue weighted by atomic mass is 16.3. The zero-order valence-corrected chi connectivity index (χ0v) is 8.08. The van der Waals surface area contributed by atoms with Gasteiger partial charge in [0.25, 0.3) is 0 Å². The van der Waals surface area contributed by atoms with Crippen molar-refractivity contribution in [2.24, 2.45) is 0 Å². The summed E-state index contributed by atoms with van der Waals surface area (Å²) in [7, 11) is 0. The second-order valence-corrected chi connectivity index (χ2v) is 2.89. The van der Waals surface area contributed by atoms with Gasteiger partial charge in [0.2, 0.25) is 5.76 Å². The van der Waals surface area contributed by atoms with Crippen LogP contribution in [0.25, 0.3) is 0 Å². The van der Waals surface area contributed by atoms with Gasteiger partial charge in [0.05, 0.1) is 12.6 Å². The Kier molecular flexibility index (Phi) is 3.79. The molecule has 0 spiro atoms. The highest BCUT2D eigenvalue weighted by molar-refractivity contribution is 5.19. The number of nitrogens with one attached hydrogen (secondary N) is 1. The lowest BCUT2D eigenvalue weighted by atomic mass is 10.2. The summed E-state index contributed by atoms with van der Waals surface area (Å²) in [5.74, 6) is 3.69. The lowest BCUT2D eigenvalue weighted by Gasteiger charge is -2.07. The Hall–Kier alpha value is -1.71. The number of furan rings is 1. The van der Waals surface area contributed by atoms with Gasteiger partial charge in [-0.3, -0.25) is 5.32 Å². The van der Waals surface area contributed by atoms with Crippen molar-refractivity contribution in [1.82, 2.24) is 5.32 Å². The second-order valence-electron chi connectivity index (χ2n) is 2.89. The minimum absolute atomic E-state index is 0.0608. The van der Waals surface area contributed by atoms with Gasteiger partial charge in [-0.2, -0.15) is 5.26 Å². The summed E-state index contributed by atoms with van der Waals surface area (Å²) in [4.78, 5) is 0. The van der Waals surface area contributed by atoms with Crippen LogP contribution in [0.2, 0.25) is 0 Å². The third-order valence-electron chi connectivity index (χ3n) is 1.90. The molecule has 0 fully saturated rings. The third-order valence-corrected chi connectivity index (χ3v) is 1.90. The van der Waals surface area contributed by atoms with Crippen molar-refractivity contribution in [3.05, 3.63) is 23.7 Å². The van der Waals surface area contributed by atoms with E-state index in [-0.39, 0.29) is 6.04 Å². The number of rotatable bonds is 4. The van der Waals surface area contributed by atoms with Crippen LogP contribution in [-0.4, -0.2) is 6.04 Å². The molecule has 1 aromatic rings. The van der Waals surface area contributed by atoms with Crippen LogP contribution in [0.3, 0.4) is 0 Å². The molecule has 0 bridgehead atoms. The first-order chi connectivity index (χ1) is 6.80. The highest BCUT2D eigenvalue weighted by Crippen LogP contribution is 2.06. The summed E-state index contributed by atoms with van der Waals surface area (Å²) in [5.41, 5.74) is 0. The van der Waals surface area contributed by atoms with E-state index in [9.17, 15) is 0 Å². The van der Waals surface area contributed by atoms with E-state index in [2.05, 4.69) is 11.2 Å². The van der Waals surface area contributed by atoms with Gasteiger partial charge in [-0.1, -0.05) is 12.8 Å². The first-order valence-corrected chi connectivity index (χ1v) is 4.48. The molecule has 1 heterocycles. The van der Waals surface area contributed by atoms with Crippen molar-refractivity contribution in [2.45, 2.75) is 25.9 Å². The number of hydrogen-bond acceptors (Lipinski definition) is 3. The van der Waals surface area contributed by atoms with Crippen molar-refractivity contribution >= 4 is 0 Å². The Morgan fingerprint density at radius 1 is 1.64 bits per heavy atom. The predicted molar refractivity (Wildman–Crippen MR) is 53.2 cm³/mol. The number of terminal acetylenes is 1. The molecule has 1 aromatic heterocycles. The largest absolute Gasteiger partial charge is 0.449 e. The van der Waals surface area contributed by atoms with Crippen LogP contribution in [0.15, 0.2) is 16.5 Å². The molecule has 3 nitrogen and oxygen atoms in total. The lowest BCUT2D eigenvalue weighted by molar-refractivity contribution is 0.460. The van der Waals surface area contributed by atoms with E-state index in [4.69, 9.17) is 16.1 Å². The summed E-state index contributed by atoms with van der Waals surface area (Å²) in [5, 5.41) is 11.7. The summed E-state index contributed by atoms with van der Waals surface area (Å²) in [6.45, 7) is 2.57. The highest BCUT2D eigenvalue weighted by Gasteiger charge is 2.04. The predicted octanol–water partition coefficient (Wildman–Crippen LogP) is 1.65. The van der Waals surface area contributed by atoms with Gasteiger partial charge in [-0.05, 0) is 18.6 Å². The van der Waals surface area contributed by atoms with E-state index in [1.807, 2.05) is 13.0 Å². The fourth-order valence-corrected chi connectivity index (χ4v) is 1.08. The standard InChI is InChI=1S/C11H12N2O/c1-3-9(4-2)13-8-11-6-5-10(7-12)14-11/h1,5-6,9,13H,4,8H2,2H3. The first kappa shape index (κ1) is 10.4. The van der Waals surface area contributed by atoms with Crippen molar-refractivity contribution < 1.29 is 4.42 Å². The quantitative estimate of drug-likeness (QED) is 0.731. The van der Waals surface area contributed by atoms with E-state index in [1.165, 1.54) is 0 Å². The van der Waals surface area contributed by atoms with Crippen molar-refractivity contribution in [3.63, 3.8) is 0 Å². The van der Waals surface area contributed by atoms with Gasteiger partial charge in [0, 0.05) is 0 Å². The maximum absolute atomic E-state index is 8.52. The summed E-state index contributed by atoms with van der Waals surface area (Å²) < 4.78 is 5.18. The lowest BCUT2D eigenvalue weighted by Crippen LogP contribution is -2.25. The van der Waals surface area contributed by atoms with E-state index >= 15 is 0 Å². The molecule has 0 saturated heterocycles. The normalized spacial score (nSPS) is 11.6. The summed E-state index contributed by atoms with van der Waals surface area (Å²) in [6, 6.07) is 5.41. The average Bonchev–Trinajstić information content (AvgIpc) is 2.67. The number of nitriles is 1. The van der Waals surface area contributed by atoms with Gasteiger partial charge < -0.3 is 4.42 Å². The second kappa shape index (κ2) is 5.11. The topological polar surface area (TPSA) is 49.0 Å². The zero-order valence-electron chi connectivity index (χ0n) is 8.08. The molecule has 1 atom stereocenters. The van der Waals surface area contributed by atoms with Crippen molar-refractivity contribution in [2.75, 3.05) is 0 Å². The van der Waals surface area contributed by atoms with E-state index in [1.54, 1.807) is 12.1 Å². The van der Waals surface area contributed by atoms with E-state index in [0.717, 1.165) is 12.2 Å². The van der Waals surface area contributed by atoms with Gasteiger partial charge in [-0.15, -0.1) is 6.42 Å². The first-order valence-electron chi connectivity index (χ1n) is 4.48. The van der Waals surface area contributed by atoms with Gasteiger partial charge in [0.1, 0.15) is 11.8 Å². The molecule has 14 heavy (non-hydrogen) atoms. The van der Waals surface area contributed by atoms with Crippen LogP contribution in [0.1, 0.15) is 24.9 Å². The zero-order chi connectivity index (χ0) is 10.4. The molecule has 0 amide bonds. The van der Waals surface area contributed by atoms with Crippen LogP contribution in [-0.2, 0) is 6.54 Å². The van der Waals surface area contributed by atoms with Crippen molar-refractivity contribution in [3.8, 4) is 18.4 Å². The van der Waals surface area contributed by atoms with E-state index < -0.39 is 0 Å². The van der Waals surface area contributed by atoms with Gasteiger partial charge in [0.15, 0.2) is 0 Å². The van der Waals surface area contributed by atoms with Crippen LogP contribution in [0.5, 0.6) is 0 Å². The molecule has 0 aliphatic carbocycles. The fraction of sp³-hybridized carbons (Fsp3) is 0.364.